The summed E-state index contributed by atoms with van der Waals surface area (Å²) in [5.41, 5.74) is -0.00893. The van der Waals surface area contributed by atoms with Crippen molar-refractivity contribution < 1.29 is 14.4 Å². The van der Waals surface area contributed by atoms with E-state index in [2.05, 4.69) is 4.98 Å². The molecule has 0 spiro atoms. The summed E-state index contributed by atoms with van der Waals surface area (Å²) in [7, 11) is -0.468. The number of aromatic nitrogens is 1. The minimum absolute atomic E-state index is 0.118. The lowest BCUT2D eigenvalue weighted by Crippen LogP contribution is -2.41. The molecule has 5 heteroatoms. The van der Waals surface area contributed by atoms with Crippen molar-refractivity contribution in [1.29, 1.82) is 0 Å². The Morgan fingerprint density at radius 2 is 1.56 bits per heavy atom. The third kappa shape index (κ3) is 2.84. The van der Waals surface area contributed by atoms with Crippen molar-refractivity contribution in [2.45, 2.75) is 52.7 Å². The molecule has 1 saturated heterocycles. The number of pyridine rings is 1. The molecule has 0 unspecified atom stereocenters. The van der Waals surface area contributed by atoms with Gasteiger partial charge < -0.3 is 14.4 Å². The first kappa shape index (κ1) is 15.0. The van der Waals surface area contributed by atoms with Gasteiger partial charge in [0.1, 0.15) is 5.75 Å². The van der Waals surface area contributed by atoms with Crippen LogP contribution in [0.5, 0.6) is 5.75 Å². The molecule has 1 aromatic rings. The first-order valence-electron chi connectivity index (χ1n) is 6.31. The number of hydrogen-bond acceptors (Lipinski definition) is 4. The predicted molar refractivity (Wildman–Crippen MR) is 73.0 cm³/mol. The van der Waals surface area contributed by atoms with Crippen molar-refractivity contribution in [2.24, 2.45) is 0 Å². The predicted octanol–water partition coefficient (Wildman–Crippen LogP) is 2.11. The van der Waals surface area contributed by atoms with Crippen LogP contribution in [0.2, 0.25) is 0 Å². The van der Waals surface area contributed by atoms with Crippen molar-refractivity contribution in [3.8, 4) is 5.75 Å². The molecule has 2 rings (SSSR count). The molecule has 1 N–H and O–H groups in total. The fourth-order valence-corrected chi connectivity index (χ4v) is 1.55. The summed E-state index contributed by atoms with van der Waals surface area (Å²) >= 11 is 0. The molecule has 0 aromatic carbocycles. The van der Waals surface area contributed by atoms with Crippen molar-refractivity contribution in [1.82, 2.24) is 4.98 Å². The van der Waals surface area contributed by atoms with Gasteiger partial charge in [0.15, 0.2) is 0 Å². The van der Waals surface area contributed by atoms with Gasteiger partial charge >= 0.3 is 7.12 Å². The van der Waals surface area contributed by atoms with Crippen molar-refractivity contribution in [3.05, 3.63) is 18.5 Å². The zero-order valence-corrected chi connectivity index (χ0v) is 12.0. The lowest BCUT2D eigenvalue weighted by atomic mass is 9.80. The standard InChI is InChI=1S/C11H16BNO3.C2H6/c1-10(2)11(3,4)16-12(15-10)8-5-9(14)7-13-6-8;1-2/h5-7,14H,1-4H3;1-2H3. The maximum atomic E-state index is 9.36. The van der Waals surface area contributed by atoms with Crippen LogP contribution in [-0.4, -0.2) is 28.4 Å². The maximum Gasteiger partial charge on any atom is 0.496 e. The summed E-state index contributed by atoms with van der Waals surface area (Å²) in [6.07, 6.45) is 3.02. The molecule has 0 atom stereocenters. The summed E-state index contributed by atoms with van der Waals surface area (Å²) in [5.74, 6) is 0.118. The van der Waals surface area contributed by atoms with E-state index in [1.807, 2.05) is 41.5 Å². The fraction of sp³-hybridized carbons (Fsp3) is 0.615. The van der Waals surface area contributed by atoms with E-state index in [0.29, 0.717) is 0 Å². The third-order valence-corrected chi connectivity index (χ3v) is 3.27. The van der Waals surface area contributed by atoms with E-state index in [1.54, 1.807) is 12.3 Å². The van der Waals surface area contributed by atoms with Crippen LogP contribution in [-0.2, 0) is 9.31 Å². The van der Waals surface area contributed by atoms with Gasteiger partial charge in [0.25, 0.3) is 0 Å². The van der Waals surface area contributed by atoms with E-state index in [1.165, 1.54) is 6.20 Å². The Labute approximate surface area is 109 Å². The molecule has 1 fully saturated rings. The number of hydrogen-bond donors (Lipinski definition) is 1. The van der Waals surface area contributed by atoms with Gasteiger partial charge in [-0.05, 0) is 33.8 Å². The Morgan fingerprint density at radius 3 is 2.00 bits per heavy atom. The summed E-state index contributed by atoms with van der Waals surface area (Å²) < 4.78 is 11.7. The van der Waals surface area contributed by atoms with E-state index < -0.39 is 7.12 Å². The Balaban J connectivity index is 0.000000771. The Morgan fingerprint density at radius 1 is 1.06 bits per heavy atom. The molecule has 1 aromatic heterocycles. The highest BCUT2D eigenvalue weighted by Crippen LogP contribution is 2.36. The maximum absolute atomic E-state index is 9.36. The smallest absolute Gasteiger partial charge is 0.496 e. The number of aromatic hydroxyl groups is 1. The Hall–Kier alpha value is -1.07. The monoisotopic (exact) mass is 251 g/mol. The van der Waals surface area contributed by atoms with E-state index in [9.17, 15) is 5.11 Å². The largest absolute Gasteiger partial charge is 0.506 e. The van der Waals surface area contributed by atoms with Crippen LogP contribution in [0.15, 0.2) is 18.5 Å². The second kappa shape index (κ2) is 5.28. The molecule has 0 radical (unpaired) electrons. The summed E-state index contributed by atoms with van der Waals surface area (Å²) in [6, 6.07) is 1.61. The number of rotatable bonds is 1. The second-order valence-electron chi connectivity index (χ2n) is 5.06. The van der Waals surface area contributed by atoms with Crippen molar-refractivity contribution in [3.63, 3.8) is 0 Å². The molecule has 4 nitrogen and oxygen atoms in total. The van der Waals surface area contributed by atoms with Gasteiger partial charge in [0.05, 0.1) is 17.4 Å². The van der Waals surface area contributed by atoms with Gasteiger partial charge in [-0.2, -0.15) is 0 Å². The topological polar surface area (TPSA) is 51.6 Å². The lowest BCUT2D eigenvalue weighted by molar-refractivity contribution is 0.00578. The first-order chi connectivity index (χ1) is 8.32. The lowest BCUT2D eigenvalue weighted by Gasteiger charge is -2.32. The normalized spacial score (nSPS) is 20.2. The molecular weight excluding hydrogens is 229 g/mol. The van der Waals surface area contributed by atoms with Gasteiger partial charge in [-0.15, -0.1) is 0 Å². The molecule has 1 aliphatic heterocycles. The van der Waals surface area contributed by atoms with Gasteiger partial charge in [0, 0.05) is 11.7 Å². The molecule has 100 valence electrons. The van der Waals surface area contributed by atoms with Crippen LogP contribution in [0.3, 0.4) is 0 Å². The van der Waals surface area contributed by atoms with Gasteiger partial charge in [-0.1, -0.05) is 13.8 Å². The molecule has 0 saturated carbocycles. The molecule has 0 aliphatic carbocycles. The summed E-state index contributed by atoms with van der Waals surface area (Å²) in [6.45, 7) is 12.0. The van der Waals surface area contributed by atoms with E-state index >= 15 is 0 Å². The molecule has 18 heavy (non-hydrogen) atoms. The van der Waals surface area contributed by atoms with Gasteiger partial charge in [0.2, 0.25) is 0 Å². The zero-order chi connectivity index (χ0) is 14.0. The van der Waals surface area contributed by atoms with Crippen LogP contribution >= 0.6 is 0 Å². The highest BCUT2D eigenvalue weighted by atomic mass is 16.7. The highest BCUT2D eigenvalue weighted by Gasteiger charge is 2.51. The molecule has 0 bridgehead atoms. The average Bonchev–Trinajstić information content (AvgIpc) is 2.51. The van der Waals surface area contributed by atoms with Gasteiger partial charge in [-0.25, -0.2) is 0 Å². The SMILES string of the molecule is CC.CC1(C)OB(c2cncc(O)c2)OC1(C)C. The van der Waals surface area contributed by atoms with Crippen LogP contribution < -0.4 is 5.46 Å². The van der Waals surface area contributed by atoms with E-state index in [0.717, 1.165) is 5.46 Å². The molecule has 1 aliphatic rings. The van der Waals surface area contributed by atoms with E-state index in [-0.39, 0.29) is 17.0 Å². The minimum Gasteiger partial charge on any atom is -0.506 e. The second-order valence-corrected chi connectivity index (χ2v) is 5.06. The quantitative estimate of drug-likeness (QED) is 0.776. The zero-order valence-electron chi connectivity index (χ0n) is 12.0. The van der Waals surface area contributed by atoms with E-state index in [4.69, 9.17) is 9.31 Å². The molecular formula is C13H22BNO3. The van der Waals surface area contributed by atoms with Crippen LogP contribution in [0.4, 0.5) is 0 Å². The van der Waals surface area contributed by atoms with Crippen LogP contribution in [0.1, 0.15) is 41.5 Å². The Kier molecular flexibility index (Phi) is 4.40. The molecule has 0 amide bonds. The summed E-state index contributed by atoms with van der Waals surface area (Å²) in [5, 5.41) is 9.36. The highest BCUT2D eigenvalue weighted by molar-refractivity contribution is 6.62. The van der Waals surface area contributed by atoms with Crippen LogP contribution in [0.25, 0.3) is 0 Å². The average molecular weight is 251 g/mol. The first-order valence-corrected chi connectivity index (χ1v) is 6.31. The Bertz CT molecular complexity index is 391. The summed E-state index contributed by atoms with van der Waals surface area (Å²) in [4.78, 5) is 3.91. The van der Waals surface area contributed by atoms with Crippen LogP contribution in [0, 0.1) is 0 Å². The van der Waals surface area contributed by atoms with Crippen molar-refractivity contribution >= 4 is 12.6 Å². The minimum atomic E-state index is -0.468. The number of nitrogens with zero attached hydrogens (tertiary/aromatic N) is 1. The van der Waals surface area contributed by atoms with Crippen molar-refractivity contribution in [2.75, 3.05) is 0 Å². The molecule has 2 heterocycles. The fourth-order valence-electron chi connectivity index (χ4n) is 1.55. The third-order valence-electron chi connectivity index (χ3n) is 3.27. The van der Waals surface area contributed by atoms with Gasteiger partial charge in [-0.3, -0.25) is 4.98 Å².